The minimum atomic E-state index is -2.86. The molecule has 1 atom stereocenters. The van der Waals surface area contributed by atoms with E-state index in [-0.39, 0.29) is 6.16 Å². The highest BCUT2D eigenvalue weighted by molar-refractivity contribution is 7.54. The van der Waals surface area contributed by atoms with Crippen LogP contribution in [-0.4, -0.2) is 13.3 Å². The zero-order chi connectivity index (χ0) is 7.61. The van der Waals surface area contributed by atoms with Crippen LogP contribution in [0.4, 0.5) is 0 Å². The summed E-state index contributed by atoms with van der Waals surface area (Å²) in [5.41, 5.74) is 0. The predicted molar refractivity (Wildman–Crippen MR) is 37.5 cm³/mol. The molecule has 0 aromatic carbocycles. The van der Waals surface area contributed by atoms with Crippen LogP contribution in [0.25, 0.3) is 0 Å². The fraction of sp³-hybridized carbons (Fsp3) is 0.333. The maximum atomic E-state index is 11.2. The molecule has 1 rings (SSSR count). The second-order valence-corrected chi connectivity index (χ2v) is 3.91. The fourth-order valence-electron chi connectivity index (χ4n) is 0.616. The molecule has 4 heteroatoms. The van der Waals surface area contributed by atoms with Gasteiger partial charge < -0.3 is 9.05 Å². The molecule has 0 saturated heterocycles. The highest BCUT2D eigenvalue weighted by Crippen LogP contribution is 2.53. The van der Waals surface area contributed by atoms with Gasteiger partial charge in [-0.1, -0.05) is 0 Å². The molecule has 1 heterocycles. The third-order valence-electron chi connectivity index (χ3n) is 1.16. The van der Waals surface area contributed by atoms with Crippen LogP contribution < -0.4 is 0 Å². The lowest BCUT2D eigenvalue weighted by molar-refractivity contribution is 0.302. The quantitative estimate of drug-likeness (QED) is 0.427. The van der Waals surface area contributed by atoms with Crippen molar-refractivity contribution in [3.8, 4) is 12.3 Å². The van der Waals surface area contributed by atoms with Crippen molar-refractivity contribution < 1.29 is 13.6 Å². The average molecular weight is 158 g/mol. The lowest BCUT2D eigenvalue weighted by Gasteiger charge is -2.07. The topological polar surface area (TPSA) is 35.5 Å². The van der Waals surface area contributed by atoms with E-state index in [1.165, 1.54) is 7.11 Å². The lowest BCUT2D eigenvalue weighted by Crippen LogP contribution is -1.85. The first-order valence-electron chi connectivity index (χ1n) is 2.71. The van der Waals surface area contributed by atoms with E-state index in [1.807, 2.05) is 0 Å². The largest absolute Gasteiger partial charge is 0.415 e. The predicted octanol–water partition coefficient (Wildman–Crippen LogP) is 1.37. The molecule has 0 saturated carbocycles. The smallest absolute Gasteiger partial charge is 0.383 e. The highest BCUT2D eigenvalue weighted by Gasteiger charge is 2.29. The summed E-state index contributed by atoms with van der Waals surface area (Å²) in [4.78, 5) is 0. The number of terminal acetylenes is 1. The van der Waals surface area contributed by atoms with Gasteiger partial charge in [0.05, 0.1) is 6.16 Å². The van der Waals surface area contributed by atoms with Crippen molar-refractivity contribution in [3.05, 3.63) is 11.8 Å². The molecule has 0 amide bonds. The third kappa shape index (κ3) is 1.23. The first-order valence-corrected chi connectivity index (χ1v) is 4.44. The number of rotatable bonds is 1. The summed E-state index contributed by atoms with van der Waals surface area (Å²) < 4.78 is 20.6. The van der Waals surface area contributed by atoms with Gasteiger partial charge in [-0.3, -0.25) is 0 Å². The van der Waals surface area contributed by atoms with E-state index in [2.05, 4.69) is 10.4 Å². The van der Waals surface area contributed by atoms with Gasteiger partial charge in [-0.05, 0) is 12.0 Å². The van der Waals surface area contributed by atoms with E-state index in [9.17, 15) is 4.57 Å². The molecule has 0 bridgehead atoms. The Bertz CT molecular complexity index is 248. The van der Waals surface area contributed by atoms with Crippen molar-refractivity contribution in [2.24, 2.45) is 0 Å². The third-order valence-corrected chi connectivity index (χ3v) is 2.82. The Labute approximate surface area is 59.6 Å². The Morgan fingerprint density at radius 1 is 2.00 bits per heavy atom. The molecular weight excluding hydrogens is 151 g/mol. The summed E-state index contributed by atoms with van der Waals surface area (Å²) in [5, 5.41) is 0. The molecule has 0 N–H and O–H groups in total. The van der Waals surface area contributed by atoms with E-state index in [0.29, 0.717) is 5.76 Å². The van der Waals surface area contributed by atoms with E-state index in [0.717, 1.165) is 0 Å². The van der Waals surface area contributed by atoms with E-state index in [1.54, 1.807) is 6.08 Å². The standard InChI is InChI=1S/C6H7O3P/c1-3-6-4-5-10(7,8-2)9-6/h1,4H,5H2,2H3. The molecule has 0 radical (unpaired) electrons. The van der Waals surface area contributed by atoms with Gasteiger partial charge in [0.15, 0.2) is 5.76 Å². The van der Waals surface area contributed by atoms with Crippen LogP contribution in [0.15, 0.2) is 11.8 Å². The van der Waals surface area contributed by atoms with Gasteiger partial charge in [-0.2, -0.15) is 0 Å². The molecule has 0 fully saturated rings. The van der Waals surface area contributed by atoms with E-state index in [4.69, 9.17) is 10.9 Å². The van der Waals surface area contributed by atoms with Gasteiger partial charge in [-0.15, -0.1) is 6.42 Å². The molecule has 1 aliphatic heterocycles. The van der Waals surface area contributed by atoms with Crippen molar-refractivity contribution in [3.63, 3.8) is 0 Å². The molecule has 0 aliphatic carbocycles. The van der Waals surface area contributed by atoms with Gasteiger partial charge in [0, 0.05) is 7.11 Å². The second kappa shape index (κ2) is 2.49. The Morgan fingerprint density at radius 3 is 3.00 bits per heavy atom. The molecular formula is C6H7O3P. The monoisotopic (exact) mass is 158 g/mol. The van der Waals surface area contributed by atoms with Crippen molar-refractivity contribution in [1.29, 1.82) is 0 Å². The molecule has 54 valence electrons. The first-order chi connectivity index (χ1) is 4.70. The SMILES string of the molecule is C#CC1=CCP(=O)(OC)O1. The summed E-state index contributed by atoms with van der Waals surface area (Å²) in [6.07, 6.45) is 6.86. The first kappa shape index (κ1) is 7.40. The lowest BCUT2D eigenvalue weighted by atomic mass is 10.5. The average Bonchev–Trinajstić information content (AvgIpc) is 2.33. The maximum absolute atomic E-state index is 11.2. The zero-order valence-electron chi connectivity index (χ0n) is 5.53. The van der Waals surface area contributed by atoms with Crippen molar-refractivity contribution in [2.75, 3.05) is 13.3 Å². The maximum Gasteiger partial charge on any atom is 0.383 e. The van der Waals surface area contributed by atoms with Crippen LogP contribution in [0, 0.1) is 12.3 Å². The molecule has 1 aliphatic rings. The van der Waals surface area contributed by atoms with Crippen LogP contribution in [0.2, 0.25) is 0 Å². The van der Waals surface area contributed by atoms with E-state index >= 15 is 0 Å². The number of hydrogen-bond acceptors (Lipinski definition) is 3. The minimum Gasteiger partial charge on any atom is -0.415 e. The van der Waals surface area contributed by atoms with Crippen LogP contribution in [-0.2, 0) is 13.6 Å². The second-order valence-electron chi connectivity index (χ2n) is 1.78. The van der Waals surface area contributed by atoms with Crippen LogP contribution in [0.1, 0.15) is 0 Å². The van der Waals surface area contributed by atoms with Crippen LogP contribution >= 0.6 is 7.60 Å². The fourth-order valence-corrected chi connectivity index (χ4v) is 1.73. The molecule has 0 aromatic rings. The Hall–Kier alpha value is -0.710. The van der Waals surface area contributed by atoms with Gasteiger partial charge in [-0.25, -0.2) is 4.57 Å². The summed E-state index contributed by atoms with van der Waals surface area (Å²) >= 11 is 0. The van der Waals surface area contributed by atoms with Gasteiger partial charge in [0.1, 0.15) is 0 Å². The highest BCUT2D eigenvalue weighted by atomic mass is 31.2. The summed E-state index contributed by atoms with van der Waals surface area (Å²) in [5.74, 6) is 2.55. The van der Waals surface area contributed by atoms with Crippen LogP contribution in [0.3, 0.4) is 0 Å². The normalized spacial score (nSPS) is 30.6. The Kier molecular flexibility index (Phi) is 1.85. The number of hydrogen-bond donors (Lipinski definition) is 0. The molecule has 0 spiro atoms. The summed E-state index contributed by atoms with van der Waals surface area (Å²) in [6, 6.07) is 0. The van der Waals surface area contributed by atoms with E-state index < -0.39 is 7.60 Å². The minimum absolute atomic E-state index is 0.281. The van der Waals surface area contributed by atoms with Gasteiger partial charge in [0.25, 0.3) is 0 Å². The number of allylic oxidation sites excluding steroid dienone is 2. The van der Waals surface area contributed by atoms with Gasteiger partial charge in [0.2, 0.25) is 0 Å². The molecule has 1 unspecified atom stereocenters. The molecule has 3 nitrogen and oxygen atoms in total. The van der Waals surface area contributed by atoms with Gasteiger partial charge >= 0.3 is 7.60 Å². The Balaban J connectivity index is 2.70. The summed E-state index contributed by atoms with van der Waals surface area (Å²) in [7, 11) is -1.52. The molecule has 0 aromatic heterocycles. The van der Waals surface area contributed by atoms with Crippen molar-refractivity contribution in [2.45, 2.75) is 0 Å². The van der Waals surface area contributed by atoms with Crippen molar-refractivity contribution >= 4 is 7.60 Å². The Morgan fingerprint density at radius 2 is 2.70 bits per heavy atom. The molecule has 10 heavy (non-hydrogen) atoms. The van der Waals surface area contributed by atoms with Crippen molar-refractivity contribution in [1.82, 2.24) is 0 Å². The van der Waals surface area contributed by atoms with Crippen LogP contribution in [0.5, 0.6) is 0 Å². The zero-order valence-corrected chi connectivity index (χ0v) is 6.43. The summed E-state index contributed by atoms with van der Waals surface area (Å²) in [6.45, 7) is 0.